The molecule has 0 aromatic heterocycles. The molecule has 0 saturated heterocycles. The maximum absolute atomic E-state index is 11.0. The van der Waals surface area contributed by atoms with Gasteiger partial charge in [0.1, 0.15) is 0 Å². The molecule has 0 aliphatic heterocycles. The van der Waals surface area contributed by atoms with Crippen LogP contribution in [-0.4, -0.2) is 8.42 Å². The Labute approximate surface area is 91.4 Å². The van der Waals surface area contributed by atoms with Crippen LogP contribution < -0.4 is 5.14 Å². The number of nitrogens with two attached hydrogens (primary N) is 1. The second-order valence-electron chi connectivity index (χ2n) is 4.17. The first-order valence-corrected chi connectivity index (χ1v) is 6.67. The molecule has 0 aliphatic rings. The summed E-state index contributed by atoms with van der Waals surface area (Å²) in [5.41, 5.74) is 1.88. The monoisotopic (exact) mass is 227 g/mol. The van der Waals surface area contributed by atoms with Gasteiger partial charge in [-0.25, -0.2) is 13.6 Å². The maximum atomic E-state index is 11.0. The van der Waals surface area contributed by atoms with E-state index in [1.807, 2.05) is 24.3 Å². The molecule has 1 aromatic carbocycles. The van der Waals surface area contributed by atoms with E-state index in [4.69, 9.17) is 5.14 Å². The van der Waals surface area contributed by atoms with Gasteiger partial charge in [-0.05, 0) is 23.5 Å². The van der Waals surface area contributed by atoms with Gasteiger partial charge < -0.3 is 0 Å². The highest BCUT2D eigenvalue weighted by Crippen LogP contribution is 2.15. The SMILES string of the molecule is CC(C)Cc1ccccc1CS(N)(=O)=O. The van der Waals surface area contributed by atoms with Crippen LogP contribution in [0.1, 0.15) is 25.0 Å². The molecule has 0 fully saturated rings. The van der Waals surface area contributed by atoms with Crippen LogP contribution in [0.3, 0.4) is 0 Å². The first-order valence-electron chi connectivity index (χ1n) is 4.96. The molecule has 0 amide bonds. The van der Waals surface area contributed by atoms with Gasteiger partial charge in [0.05, 0.1) is 5.75 Å². The zero-order chi connectivity index (χ0) is 11.5. The van der Waals surface area contributed by atoms with Gasteiger partial charge in [-0.1, -0.05) is 38.1 Å². The average molecular weight is 227 g/mol. The number of hydrogen-bond acceptors (Lipinski definition) is 2. The molecule has 0 aliphatic carbocycles. The molecule has 2 N–H and O–H groups in total. The van der Waals surface area contributed by atoms with E-state index in [-0.39, 0.29) is 5.75 Å². The van der Waals surface area contributed by atoms with Crippen molar-refractivity contribution in [1.82, 2.24) is 0 Å². The molecule has 15 heavy (non-hydrogen) atoms. The predicted octanol–water partition coefficient (Wildman–Crippen LogP) is 1.67. The molecule has 1 rings (SSSR count). The molecular formula is C11H17NO2S. The van der Waals surface area contributed by atoms with E-state index >= 15 is 0 Å². The normalized spacial score (nSPS) is 12.0. The Kier molecular flexibility index (Phi) is 3.88. The molecule has 0 heterocycles. The minimum atomic E-state index is -3.44. The summed E-state index contributed by atoms with van der Waals surface area (Å²) in [5, 5.41) is 5.04. The Bertz CT molecular complexity index is 424. The summed E-state index contributed by atoms with van der Waals surface area (Å²) in [6, 6.07) is 7.54. The molecule has 1 aromatic rings. The predicted molar refractivity (Wildman–Crippen MR) is 61.8 cm³/mol. The molecular weight excluding hydrogens is 210 g/mol. The molecule has 0 saturated carbocycles. The molecule has 0 atom stereocenters. The Hall–Kier alpha value is -0.870. The lowest BCUT2D eigenvalue weighted by molar-refractivity contribution is 0.595. The molecule has 0 unspecified atom stereocenters. The lowest BCUT2D eigenvalue weighted by Gasteiger charge is -2.10. The second-order valence-corrected chi connectivity index (χ2v) is 5.79. The Balaban J connectivity index is 2.96. The van der Waals surface area contributed by atoms with Crippen molar-refractivity contribution in [3.05, 3.63) is 35.4 Å². The molecule has 3 nitrogen and oxygen atoms in total. The number of benzene rings is 1. The van der Waals surface area contributed by atoms with Gasteiger partial charge in [0.2, 0.25) is 10.0 Å². The fourth-order valence-electron chi connectivity index (χ4n) is 1.55. The molecule has 0 radical (unpaired) electrons. The van der Waals surface area contributed by atoms with Gasteiger partial charge in [0.15, 0.2) is 0 Å². The third-order valence-corrected chi connectivity index (χ3v) is 2.82. The van der Waals surface area contributed by atoms with E-state index in [1.165, 1.54) is 0 Å². The van der Waals surface area contributed by atoms with Crippen LogP contribution in [-0.2, 0) is 22.2 Å². The first kappa shape index (κ1) is 12.2. The first-order chi connectivity index (χ1) is 6.88. The van der Waals surface area contributed by atoms with Crippen molar-refractivity contribution in [3.63, 3.8) is 0 Å². The molecule has 0 spiro atoms. The highest BCUT2D eigenvalue weighted by molar-refractivity contribution is 7.88. The Morgan fingerprint density at radius 1 is 1.20 bits per heavy atom. The van der Waals surface area contributed by atoms with Gasteiger partial charge in [-0.2, -0.15) is 0 Å². The fourth-order valence-corrected chi connectivity index (χ4v) is 2.27. The summed E-state index contributed by atoms with van der Waals surface area (Å²) >= 11 is 0. The fraction of sp³-hybridized carbons (Fsp3) is 0.455. The van der Waals surface area contributed by atoms with Gasteiger partial charge in [0, 0.05) is 0 Å². The van der Waals surface area contributed by atoms with E-state index in [9.17, 15) is 8.42 Å². The van der Waals surface area contributed by atoms with Crippen molar-refractivity contribution in [2.45, 2.75) is 26.0 Å². The van der Waals surface area contributed by atoms with E-state index in [0.717, 1.165) is 17.5 Å². The topological polar surface area (TPSA) is 60.2 Å². The molecule has 4 heteroatoms. The lowest BCUT2D eigenvalue weighted by Crippen LogP contribution is -2.16. The number of rotatable bonds is 4. The van der Waals surface area contributed by atoms with E-state index in [1.54, 1.807) is 0 Å². The Morgan fingerprint density at radius 2 is 1.73 bits per heavy atom. The average Bonchev–Trinajstić information content (AvgIpc) is 2.05. The quantitative estimate of drug-likeness (QED) is 0.850. The molecule has 0 bridgehead atoms. The standard InChI is InChI=1S/C11H17NO2S/c1-9(2)7-10-5-3-4-6-11(10)8-15(12,13)14/h3-6,9H,7-8H2,1-2H3,(H2,12,13,14). The van der Waals surface area contributed by atoms with Crippen LogP contribution in [0.5, 0.6) is 0 Å². The summed E-state index contributed by atoms with van der Waals surface area (Å²) in [6.07, 6.45) is 0.881. The summed E-state index contributed by atoms with van der Waals surface area (Å²) in [4.78, 5) is 0. The second kappa shape index (κ2) is 4.77. The number of hydrogen-bond donors (Lipinski definition) is 1. The largest absolute Gasteiger partial charge is 0.228 e. The zero-order valence-corrected chi connectivity index (χ0v) is 9.92. The maximum Gasteiger partial charge on any atom is 0.213 e. The smallest absolute Gasteiger partial charge is 0.213 e. The van der Waals surface area contributed by atoms with Crippen molar-refractivity contribution < 1.29 is 8.42 Å². The van der Waals surface area contributed by atoms with Gasteiger partial charge in [-0.15, -0.1) is 0 Å². The van der Waals surface area contributed by atoms with E-state index in [2.05, 4.69) is 13.8 Å². The minimum absolute atomic E-state index is 0.0735. The van der Waals surface area contributed by atoms with Gasteiger partial charge >= 0.3 is 0 Å². The van der Waals surface area contributed by atoms with Crippen LogP contribution in [0.15, 0.2) is 24.3 Å². The molecule has 84 valence electrons. The van der Waals surface area contributed by atoms with Crippen molar-refractivity contribution in [2.75, 3.05) is 0 Å². The third kappa shape index (κ3) is 4.44. The van der Waals surface area contributed by atoms with Crippen molar-refractivity contribution >= 4 is 10.0 Å². The summed E-state index contributed by atoms with van der Waals surface area (Å²) in [5.74, 6) is 0.433. The summed E-state index contributed by atoms with van der Waals surface area (Å²) < 4.78 is 22.0. The van der Waals surface area contributed by atoms with E-state index < -0.39 is 10.0 Å². The van der Waals surface area contributed by atoms with Gasteiger partial charge in [0.25, 0.3) is 0 Å². The minimum Gasteiger partial charge on any atom is -0.228 e. The zero-order valence-electron chi connectivity index (χ0n) is 9.10. The summed E-state index contributed by atoms with van der Waals surface area (Å²) in [7, 11) is -3.44. The Morgan fingerprint density at radius 3 is 2.20 bits per heavy atom. The highest BCUT2D eigenvalue weighted by Gasteiger charge is 2.09. The van der Waals surface area contributed by atoms with Crippen LogP contribution in [0.25, 0.3) is 0 Å². The van der Waals surface area contributed by atoms with Crippen LogP contribution >= 0.6 is 0 Å². The number of primary sulfonamides is 1. The lowest BCUT2D eigenvalue weighted by atomic mass is 9.99. The van der Waals surface area contributed by atoms with Crippen LogP contribution in [0, 0.1) is 5.92 Å². The third-order valence-electron chi connectivity index (χ3n) is 2.10. The highest BCUT2D eigenvalue weighted by atomic mass is 32.2. The van der Waals surface area contributed by atoms with E-state index in [0.29, 0.717) is 5.92 Å². The van der Waals surface area contributed by atoms with Crippen molar-refractivity contribution in [1.29, 1.82) is 0 Å². The van der Waals surface area contributed by atoms with Crippen LogP contribution in [0.4, 0.5) is 0 Å². The van der Waals surface area contributed by atoms with Crippen molar-refractivity contribution in [2.24, 2.45) is 11.1 Å². The van der Waals surface area contributed by atoms with Gasteiger partial charge in [-0.3, -0.25) is 0 Å². The summed E-state index contributed by atoms with van der Waals surface area (Å²) in [6.45, 7) is 4.21. The van der Waals surface area contributed by atoms with Crippen molar-refractivity contribution in [3.8, 4) is 0 Å². The van der Waals surface area contributed by atoms with Crippen LogP contribution in [0.2, 0.25) is 0 Å². The number of sulfonamides is 1.